The Morgan fingerprint density at radius 2 is 2.15 bits per heavy atom. The van der Waals surface area contributed by atoms with Gasteiger partial charge in [0.1, 0.15) is 0 Å². The average molecular weight is 297 g/mol. The van der Waals surface area contributed by atoms with Gasteiger partial charge in [0.25, 0.3) is 0 Å². The van der Waals surface area contributed by atoms with Crippen LogP contribution >= 0.6 is 12.4 Å². The summed E-state index contributed by atoms with van der Waals surface area (Å²) < 4.78 is 0. The predicted molar refractivity (Wildman–Crippen MR) is 85.4 cm³/mol. The minimum Gasteiger partial charge on any atom is -0.356 e. The van der Waals surface area contributed by atoms with Crippen molar-refractivity contribution in [2.45, 2.75) is 44.6 Å². The Kier molecular flexibility index (Phi) is 7.63. The Morgan fingerprint density at radius 3 is 2.80 bits per heavy atom. The normalized spacial score (nSPS) is 19.1. The molecule has 1 aliphatic rings. The summed E-state index contributed by atoms with van der Waals surface area (Å²) in [5.74, 6) is 0.547. The second-order valence-electron chi connectivity index (χ2n) is 5.45. The van der Waals surface area contributed by atoms with E-state index in [1.165, 1.54) is 18.4 Å². The molecule has 2 unspecified atom stereocenters. The fourth-order valence-electron chi connectivity index (χ4n) is 2.56. The molecule has 0 aliphatic carbocycles. The van der Waals surface area contributed by atoms with Crippen LogP contribution in [0.5, 0.6) is 0 Å². The molecule has 112 valence electrons. The first-order valence-electron chi connectivity index (χ1n) is 7.30. The number of rotatable bonds is 6. The Bertz CT molecular complexity index is 391. The van der Waals surface area contributed by atoms with Crippen LogP contribution in [0.15, 0.2) is 30.3 Å². The Morgan fingerprint density at radius 1 is 1.40 bits per heavy atom. The topological polar surface area (TPSA) is 41.1 Å². The molecule has 0 spiro atoms. The molecule has 1 aromatic rings. The summed E-state index contributed by atoms with van der Waals surface area (Å²) in [6.07, 6.45) is 4.07. The van der Waals surface area contributed by atoms with Crippen molar-refractivity contribution in [3.8, 4) is 0 Å². The lowest BCUT2D eigenvalue weighted by Crippen LogP contribution is -2.29. The highest BCUT2D eigenvalue weighted by Gasteiger charge is 2.15. The van der Waals surface area contributed by atoms with Crippen molar-refractivity contribution in [1.29, 1.82) is 0 Å². The van der Waals surface area contributed by atoms with Crippen LogP contribution in [0.2, 0.25) is 0 Å². The third kappa shape index (κ3) is 5.51. The zero-order chi connectivity index (χ0) is 13.5. The second kappa shape index (κ2) is 8.98. The number of benzene rings is 1. The highest BCUT2D eigenvalue weighted by Crippen LogP contribution is 2.14. The third-order valence-electron chi connectivity index (χ3n) is 3.86. The van der Waals surface area contributed by atoms with E-state index in [2.05, 4.69) is 29.7 Å². The van der Waals surface area contributed by atoms with E-state index >= 15 is 0 Å². The molecule has 1 aromatic carbocycles. The summed E-state index contributed by atoms with van der Waals surface area (Å²) in [6, 6.07) is 10.9. The van der Waals surface area contributed by atoms with Crippen LogP contribution in [-0.4, -0.2) is 25.0 Å². The molecular weight excluding hydrogens is 272 g/mol. The minimum absolute atomic E-state index is 0. The monoisotopic (exact) mass is 296 g/mol. The molecule has 20 heavy (non-hydrogen) atoms. The maximum absolute atomic E-state index is 11.8. The van der Waals surface area contributed by atoms with Crippen molar-refractivity contribution >= 4 is 18.3 Å². The molecule has 0 aromatic heterocycles. The van der Waals surface area contributed by atoms with E-state index in [4.69, 9.17) is 0 Å². The number of nitrogens with one attached hydrogen (secondary N) is 2. The zero-order valence-corrected chi connectivity index (χ0v) is 12.9. The molecule has 1 heterocycles. The lowest BCUT2D eigenvalue weighted by atomic mass is 10.0. The zero-order valence-electron chi connectivity index (χ0n) is 12.1. The van der Waals surface area contributed by atoms with Gasteiger partial charge in [-0.25, -0.2) is 0 Å². The smallest absolute Gasteiger partial charge is 0.220 e. The molecule has 1 amide bonds. The summed E-state index contributed by atoms with van der Waals surface area (Å²) >= 11 is 0. The van der Waals surface area contributed by atoms with Gasteiger partial charge < -0.3 is 10.6 Å². The Hall–Kier alpha value is -1.06. The standard InChI is InChI=1S/C16H24N2O.ClH/c1-13(14-6-3-2-4-7-14)12-18-16(19)10-9-15-8-5-11-17-15;/h2-4,6-7,13,15,17H,5,8-12H2,1H3,(H,18,19);1H. The first-order valence-corrected chi connectivity index (χ1v) is 7.30. The molecule has 3 nitrogen and oxygen atoms in total. The number of hydrogen-bond donors (Lipinski definition) is 2. The van der Waals surface area contributed by atoms with E-state index in [1.807, 2.05) is 18.2 Å². The number of halogens is 1. The average Bonchev–Trinajstić information content (AvgIpc) is 2.96. The summed E-state index contributed by atoms with van der Waals surface area (Å²) in [5.41, 5.74) is 1.28. The fourth-order valence-corrected chi connectivity index (χ4v) is 2.56. The fraction of sp³-hybridized carbons (Fsp3) is 0.562. The second-order valence-corrected chi connectivity index (χ2v) is 5.45. The molecule has 2 rings (SSSR count). The number of amides is 1. The van der Waals surface area contributed by atoms with Crippen molar-refractivity contribution in [2.24, 2.45) is 0 Å². The van der Waals surface area contributed by atoms with Crippen molar-refractivity contribution in [3.63, 3.8) is 0 Å². The largest absolute Gasteiger partial charge is 0.356 e. The quantitative estimate of drug-likeness (QED) is 0.847. The van der Waals surface area contributed by atoms with Gasteiger partial charge in [0, 0.05) is 19.0 Å². The molecule has 2 atom stereocenters. The summed E-state index contributed by atoms with van der Waals surface area (Å²) in [5, 5.41) is 6.46. The summed E-state index contributed by atoms with van der Waals surface area (Å²) in [6.45, 7) is 3.98. The summed E-state index contributed by atoms with van der Waals surface area (Å²) in [7, 11) is 0. The maximum atomic E-state index is 11.8. The van der Waals surface area contributed by atoms with E-state index in [0.29, 0.717) is 18.4 Å². The van der Waals surface area contributed by atoms with Crippen LogP contribution in [0.3, 0.4) is 0 Å². The van der Waals surface area contributed by atoms with Crippen molar-refractivity contribution < 1.29 is 4.79 Å². The lowest BCUT2D eigenvalue weighted by Gasteiger charge is -2.14. The minimum atomic E-state index is 0. The lowest BCUT2D eigenvalue weighted by molar-refractivity contribution is -0.121. The van der Waals surface area contributed by atoms with Gasteiger partial charge in [-0.15, -0.1) is 12.4 Å². The number of carbonyl (C=O) groups excluding carboxylic acids is 1. The van der Waals surface area contributed by atoms with Crippen LogP contribution in [-0.2, 0) is 4.79 Å². The van der Waals surface area contributed by atoms with E-state index in [-0.39, 0.29) is 18.3 Å². The number of hydrogen-bond acceptors (Lipinski definition) is 2. The molecule has 4 heteroatoms. The Labute approximate surface area is 127 Å². The van der Waals surface area contributed by atoms with Crippen molar-refractivity contribution in [1.82, 2.24) is 10.6 Å². The molecule has 0 radical (unpaired) electrons. The van der Waals surface area contributed by atoms with E-state index in [0.717, 1.165) is 19.5 Å². The molecular formula is C16H25ClN2O. The third-order valence-corrected chi connectivity index (χ3v) is 3.86. The first-order chi connectivity index (χ1) is 9.25. The molecule has 1 fully saturated rings. The van der Waals surface area contributed by atoms with Gasteiger partial charge in [0.2, 0.25) is 5.91 Å². The van der Waals surface area contributed by atoms with Crippen LogP contribution in [0.4, 0.5) is 0 Å². The van der Waals surface area contributed by atoms with Gasteiger partial charge >= 0.3 is 0 Å². The van der Waals surface area contributed by atoms with Crippen LogP contribution in [0, 0.1) is 0 Å². The van der Waals surface area contributed by atoms with Gasteiger partial charge in [-0.1, -0.05) is 37.3 Å². The van der Waals surface area contributed by atoms with Crippen LogP contribution in [0.1, 0.15) is 44.1 Å². The molecule has 0 bridgehead atoms. The SMILES string of the molecule is CC(CNC(=O)CCC1CCCN1)c1ccccc1.Cl. The van der Waals surface area contributed by atoms with Crippen LogP contribution in [0.25, 0.3) is 0 Å². The maximum Gasteiger partial charge on any atom is 0.220 e. The Balaban J connectivity index is 0.00000200. The van der Waals surface area contributed by atoms with E-state index < -0.39 is 0 Å². The summed E-state index contributed by atoms with van der Waals surface area (Å²) in [4.78, 5) is 11.8. The van der Waals surface area contributed by atoms with Gasteiger partial charge in [0.05, 0.1) is 0 Å². The van der Waals surface area contributed by atoms with E-state index in [9.17, 15) is 4.79 Å². The first kappa shape index (κ1) is 17.0. The molecule has 1 aliphatic heterocycles. The molecule has 1 saturated heterocycles. The van der Waals surface area contributed by atoms with Crippen LogP contribution < -0.4 is 10.6 Å². The predicted octanol–water partition coefficient (Wildman–Crippen LogP) is 2.86. The molecule has 2 N–H and O–H groups in total. The van der Waals surface area contributed by atoms with Crippen molar-refractivity contribution in [2.75, 3.05) is 13.1 Å². The van der Waals surface area contributed by atoms with Crippen molar-refractivity contribution in [3.05, 3.63) is 35.9 Å². The van der Waals surface area contributed by atoms with E-state index in [1.54, 1.807) is 0 Å². The van der Waals surface area contributed by atoms with Gasteiger partial charge in [-0.2, -0.15) is 0 Å². The number of carbonyl (C=O) groups is 1. The van der Waals surface area contributed by atoms with Gasteiger partial charge in [-0.05, 0) is 37.3 Å². The molecule has 0 saturated carbocycles. The van der Waals surface area contributed by atoms with Gasteiger partial charge in [-0.3, -0.25) is 4.79 Å². The highest BCUT2D eigenvalue weighted by molar-refractivity contribution is 5.85. The van der Waals surface area contributed by atoms with Gasteiger partial charge in [0.15, 0.2) is 0 Å². The highest BCUT2D eigenvalue weighted by atomic mass is 35.5.